The Morgan fingerprint density at radius 3 is 2.90 bits per heavy atom. The number of carbonyl (C=O) groups excluding carboxylic acids is 1. The lowest BCUT2D eigenvalue weighted by Gasteiger charge is -2.18. The van der Waals surface area contributed by atoms with Gasteiger partial charge in [0.2, 0.25) is 0 Å². The van der Waals surface area contributed by atoms with Crippen LogP contribution in [0.1, 0.15) is 36.0 Å². The fraction of sp³-hybridized carbons (Fsp3) is 0.389. The quantitative estimate of drug-likeness (QED) is 0.835. The van der Waals surface area contributed by atoms with E-state index in [1.807, 2.05) is 0 Å². The van der Waals surface area contributed by atoms with Crippen molar-refractivity contribution < 1.29 is 9.53 Å². The number of fused-ring (bicyclic) bond motifs is 1. The molecule has 2 aliphatic rings. The van der Waals surface area contributed by atoms with Gasteiger partial charge in [0.05, 0.1) is 12.9 Å². The van der Waals surface area contributed by atoms with E-state index in [1.54, 1.807) is 13.2 Å². The molecule has 1 aromatic carbocycles. The number of methoxy groups -OCH3 is 1. The summed E-state index contributed by atoms with van der Waals surface area (Å²) >= 11 is 0. The van der Waals surface area contributed by atoms with E-state index in [0.29, 0.717) is 6.42 Å². The Kier molecular flexibility index (Phi) is 3.72. The first-order chi connectivity index (χ1) is 9.74. The lowest BCUT2D eigenvalue weighted by Crippen LogP contribution is -2.13. The number of carbonyl (C=O) groups is 1. The molecule has 20 heavy (non-hydrogen) atoms. The minimum Gasteiger partial charge on any atom is -0.501 e. The number of ether oxygens (including phenoxy) is 1. The molecule has 104 valence electrons. The van der Waals surface area contributed by atoms with Crippen molar-refractivity contribution >= 4 is 11.9 Å². The highest BCUT2D eigenvalue weighted by molar-refractivity contribution is 5.91. The van der Waals surface area contributed by atoms with Crippen molar-refractivity contribution in [3.8, 4) is 0 Å². The Bertz CT molecular complexity index is 581. The number of benzene rings is 1. The normalized spacial score (nSPS) is 21.9. The number of rotatable bonds is 3. The maximum Gasteiger partial charge on any atom is 0.159 e. The van der Waals surface area contributed by atoms with Crippen molar-refractivity contribution in [2.24, 2.45) is 5.92 Å². The Hall–Kier alpha value is -1.83. The summed E-state index contributed by atoms with van der Waals surface area (Å²) in [6.07, 6.45) is 11.0. The van der Waals surface area contributed by atoms with Crippen molar-refractivity contribution in [1.82, 2.24) is 0 Å². The number of allylic oxidation sites excluding steroid dienone is 3. The van der Waals surface area contributed by atoms with E-state index in [0.717, 1.165) is 12.2 Å². The van der Waals surface area contributed by atoms with Crippen molar-refractivity contribution in [2.75, 3.05) is 7.11 Å². The number of hydrogen-bond acceptors (Lipinski definition) is 2. The SMILES string of the molecule is COC1=CC(=O)CC(/C=C/c2ccc3c(c2)CCC3)C1. The van der Waals surface area contributed by atoms with Gasteiger partial charge in [-0.2, -0.15) is 0 Å². The van der Waals surface area contributed by atoms with Crippen molar-refractivity contribution in [1.29, 1.82) is 0 Å². The second-order valence-corrected chi connectivity index (χ2v) is 5.69. The molecule has 0 radical (unpaired) electrons. The number of hydrogen-bond donors (Lipinski definition) is 0. The van der Waals surface area contributed by atoms with E-state index in [-0.39, 0.29) is 11.7 Å². The summed E-state index contributed by atoms with van der Waals surface area (Å²) in [6.45, 7) is 0. The monoisotopic (exact) mass is 268 g/mol. The molecular formula is C18H20O2. The lowest BCUT2D eigenvalue weighted by atomic mass is 9.91. The van der Waals surface area contributed by atoms with Gasteiger partial charge >= 0.3 is 0 Å². The molecule has 1 aromatic rings. The van der Waals surface area contributed by atoms with Crippen LogP contribution in [0.25, 0.3) is 6.08 Å². The molecule has 0 aliphatic heterocycles. The molecule has 3 rings (SSSR count). The van der Waals surface area contributed by atoms with Crippen LogP contribution in [0.2, 0.25) is 0 Å². The summed E-state index contributed by atoms with van der Waals surface area (Å²) in [5, 5.41) is 0. The van der Waals surface area contributed by atoms with Gasteiger partial charge in [-0.15, -0.1) is 0 Å². The standard InChI is InChI=1S/C18H20O2/c1-20-18-11-14(10-17(19)12-18)6-5-13-7-8-15-3-2-4-16(15)9-13/h5-9,12,14H,2-4,10-11H2,1H3/b6-5+. The van der Waals surface area contributed by atoms with Gasteiger partial charge in [0, 0.05) is 18.9 Å². The highest BCUT2D eigenvalue weighted by Crippen LogP contribution is 2.26. The molecule has 0 saturated carbocycles. The molecule has 2 aliphatic carbocycles. The predicted octanol–water partition coefficient (Wildman–Crippen LogP) is 3.70. The second kappa shape index (κ2) is 5.66. The van der Waals surface area contributed by atoms with E-state index in [1.165, 1.54) is 36.0 Å². The summed E-state index contributed by atoms with van der Waals surface area (Å²) in [5.41, 5.74) is 4.23. The van der Waals surface area contributed by atoms with Crippen LogP contribution in [0.15, 0.2) is 36.1 Å². The van der Waals surface area contributed by atoms with Gasteiger partial charge in [-0.25, -0.2) is 0 Å². The third-order valence-electron chi connectivity index (χ3n) is 4.19. The molecule has 0 saturated heterocycles. The topological polar surface area (TPSA) is 26.3 Å². The lowest BCUT2D eigenvalue weighted by molar-refractivity contribution is -0.115. The Labute approximate surface area is 120 Å². The van der Waals surface area contributed by atoms with Crippen LogP contribution in [0.5, 0.6) is 0 Å². The van der Waals surface area contributed by atoms with Crippen LogP contribution in [0.3, 0.4) is 0 Å². The first-order valence-corrected chi connectivity index (χ1v) is 7.32. The van der Waals surface area contributed by atoms with Gasteiger partial charge in [-0.1, -0.05) is 30.4 Å². The van der Waals surface area contributed by atoms with Crippen molar-refractivity contribution in [3.63, 3.8) is 0 Å². The summed E-state index contributed by atoms with van der Waals surface area (Å²) in [6, 6.07) is 6.71. The van der Waals surface area contributed by atoms with Crippen molar-refractivity contribution in [3.05, 3.63) is 52.8 Å². The Balaban J connectivity index is 1.71. The molecule has 1 atom stereocenters. The summed E-state index contributed by atoms with van der Waals surface area (Å²) in [4.78, 5) is 11.6. The fourth-order valence-corrected chi connectivity index (χ4v) is 3.11. The van der Waals surface area contributed by atoms with Crippen LogP contribution >= 0.6 is 0 Å². The molecule has 2 nitrogen and oxygen atoms in total. The zero-order valence-corrected chi connectivity index (χ0v) is 11.9. The van der Waals surface area contributed by atoms with Crippen LogP contribution in [0, 0.1) is 5.92 Å². The highest BCUT2D eigenvalue weighted by atomic mass is 16.5. The van der Waals surface area contributed by atoms with E-state index in [4.69, 9.17) is 4.74 Å². The molecule has 1 unspecified atom stereocenters. The number of aryl methyl sites for hydroxylation is 2. The molecule has 0 bridgehead atoms. The third-order valence-corrected chi connectivity index (χ3v) is 4.19. The number of ketones is 1. The van der Waals surface area contributed by atoms with Gasteiger partial charge in [0.15, 0.2) is 5.78 Å². The molecule has 0 spiro atoms. The van der Waals surface area contributed by atoms with Crippen LogP contribution in [0.4, 0.5) is 0 Å². The third kappa shape index (κ3) is 2.84. The summed E-state index contributed by atoms with van der Waals surface area (Å²) < 4.78 is 5.21. The van der Waals surface area contributed by atoms with Gasteiger partial charge in [0.1, 0.15) is 0 Å². The molecule has 0 amide bonds. The second-order valence-electron chi connectivity index (χ2n) is 5.69. The van der Waals surface area contributed by atoms with Crippen LogP contribution in [-0.4, -0.2) is 12.9 Å². The van der Waals surface area contributed by atoms with Gasteiger partial charge in [0.25, 0.3) is 0 Å². The summed E-state index contributed by atoms with van der Waals surface area (Å²) in [5.74, 6) is 1.22. The fourth-order valence-electron chi connectivity index (χ4n) is 3.11. The molecule has 0 heterocycles. The smallest absolute Gasteiger partial charge is 0.159 e. The zero-order valence-electron chi connectivity index (χ0n) is 11.9. The van der Waals surface area contributed by atoms with E-state index in [2.05, 4.69) is 30.4 Å². The average Bonchev–Trinajstić information content (AvgIpc) is 2.92. The van der Waals surface area contributed by atoms with Crippen molar-refractivity contribution in [2.45, 2.75) is 32.1 Å². The molecule has 0 N–H and O–H groups in total. The first-order valence-electron chi connectivity index (χ1n) is 7.32. The van der Waals surface area contributed by atoms with E-state index in [9.17, 15) is 4.79 Å². The molecular weight excluding hydrogens is 248 g/mol. The minimum absolute atomic E-state index is 0.164. The minimum atomic E-state index is 0.164. The van der Waals surface area contributed by atoms with Gasteiger partial charge < -0.3 is 4.74 Å². The van der Waals surface area contributed by atoms with E-state index >= 15 is 0 Å². The predicted molar refractivity (Wildman–Crippen MR) is 80.3 cm³/mol. The van der Waals surface area contributed by atoms with Gasteiger partial charge in [-0.05, 0) is 41.9 Å². The van der Waals surface area contributed by atoms with Gasteiger partial charge in [-0.3, -0.25) is 4.79 Å². The maximum atomic E-state index is 11.6. The Morgan fingerprint density at radius 1 is 1.20 bits per heavy atom. The molecule has 2 heteroatoms. The average molecular weight is 268 g/mol. The zero-order chi connectivity index (χ0) is 13.9. The first kappa shape index (κ1) is 13.2. The molecule has 0 fully saturated rings. The highest BCUT2D eigenvalue weighted by Gasteiger charge is 2.19. The maximum absolute atomic E-state index is 11.6. The Morgan fingerprint density at radius 2 is 2.05 bits per heavy atom. The van der Waals surface area contributed by atoms with Crippen LogP contribution < -0.4 is 0 Å². The largest absolute Gasteiger partial charge is 0.501 e. The van der Waals surface area contributed by atoms with E-state index < -0.39 is 0 Å². The van der Waals surface area contributed by atoms with Crippen LogP contribution in [-0.2, 0) is 22.4 Å². The summed E-state index contributed by atoms with van der Waals surface area (Å²) in [7, 11) is 1.63. The molecule has 0 aromatic heterocycles.